The lowest BCUT2D eigenvalue weighted by atomic mass is 10.0. The maximum atomic E-state index is 12.0. The number of ether oxygens (including phenoxy) is 2. The van der Waals surface area contributed by atoms with Gasteiger partial charge in [-0.05, 0) is 30.3 Å². The molecule has 0 bridgehead atoms. The average Bonchev–Trinajstić information content (AvgIpc) is 3.17. The highest BCUT2D eigenvalue weighted by Gasteiger charge is 2.20. The largest absolute Gasteiger partial charge is 0.497 e. The lowest BCUT2D eigenvalue weighted by molar-refractivity contribution is 0.0699. The third-order valence-corrected chi connectivity index (χ3v) is 4.48. The molecule has 0 fully saturated rings. The molecule has 2 aromatic heterocycles. The second-order valence-electron chi connectivity index (χ2n) is 6.12. The van der Waals surface area contributed by atoms with Gasteiger partial charge in [-0.3, -0.25) is 5.10 Å². The van der Waals surface area contributed by atoms with E-state index >= 15 is 0 Å². The monoisotopic (exact) mass is 375 g/mol. The molecule has 0 aliphatic carbocycles. The van der Waals surface area contributed by atoms with Gasteiger partial charge in [0.05, 0.1) is 36.6 Å². The van der Waals surface area contributed by atoms with Crippen LogP contribution in [0.1, 0.15) is 10.4 Å². The number of nitrogens with zero attached hydrogens (tertiary/aromatic N) is 2. The minimum Gasteiger partial charge on any atom is -0.497 e. The standard InChI is InChI=1S/C21H17N3O4/c1-27-14-7-3-5-12(9-14)17-11-16(21(25)26)18-19(23-24-20(18)22-17)13-6-4-8-15(10-13)28-2/h3-11H,1-2H3,(H,25,26)(H,22,23,24). The smallest absolute Gasteiger partial charge is 0.336 e. The van der Waals surface area contributed by atoms with Crippen molar-refractivity contribution in [1.29, 1.82) is 0 Å². The van der Waals surface area contributed by atoms with Gasteiger partial charge < -0.3 is 14.6 Å². The van der Waals surface area contributed by atoms with Gasteiger partial charge in [-0.15, -0.1) is 0 Å². The molecular formula is C21H17N3O4. The van der Waals surface area contributed by atoms with Crippen molar-refractivity contribution < 1.29 is 19.4 Å². The lowest BCUT2D eigenvalue weighted by Gasteiger charge is -2.07. The quantitative estimate of drug-likeness (QED) is 0.547. The van der Waals surface area contributed by atoms with Gasteiger partial charge in [0.1, 0.15) is 11.5 Å². The summed E-state index contributed by atoms with van der Waals surface area (Å²) in [6.07, 6.45) is 0. The molecule has 0 unspecified atom stereocenters. The third-order valence-electron chi connectivity index (χ3n) is 4.48. The van der Waals surface area contributed by atoms with Crippen LogP contribution in [-0.4, -0.2) is 40.5 Å². The Morgan fingerprint density at radius 2 is 1.61 bits per heavy atom. The van der Waals surface area contributed by atoms with Crippen molar-refractivity contribution in [3.8, 4) is 34.0 Å². The fourth-order valence-electron chi connectivity index (χ4n) is 3.11. The van der Waals surface area contributed by atoms with Crippen molar-refractivity contribution >= 4 is 17.0 Å². The molecule has 0 saturated carbocycles. The zero-order valence-electron chi connectivity index (χ0n) is 15.3. The Hall–Kier alpha value is -3.87. The van der Waals surface area contributed by atoms with Crippen LogP contribution < -0.4 is 9.47 Å². The predicted molar refractivity (Wildman–Crippen MR) is 105 cm³/mol. The first-order valence-corrected chi connectivity index (χ1v) is 8.52. The molecule has 0 aliphatic heterocycles. The first-order chi connectivity index (χ1) is 13.6. The maximum Gasteiger partial charge on any atom is 0.336 e. The van der Waals surface area contributed by atoms with Crippen molar-refractivity contribution in [3.63, 3.8) is 0 Å². The Morgan fingerprint density at radius 1 is 0.964 bits per heavy atom. The van der Waals surface area contributed by atoms with Crippen LogP contribution in [0, 0.1) is 0 Å². The summed E-state index contributed by atoms with van der Waals surface area (Å²) in [5, 5.41) is 17.5. The highest BCUT2D eigenvalue weighted by atomic mass is 16.5. The first kappa shape index (κ1) is 17.5. The molecule has 0 aliphatic rings. The summed E-state index contributed by atoms with van der Waals surface area (Å²) in [6, 6.07) is 16.2. The predicted octanol–water partition coefficient (Wildman–Crippen LogP) is 4.01. The summed E-state index contributed by atoms with van der Waals surface area (Å²) < 4.78 is 10.5. The van der Waals surface area contributed by atoms with E-state index < -0.39 is 5.97 Å². The number of hydrogen-bond acceptors (Lipinski definition) is 5. The molecular weight excluding hydrogens is 358 g/mol. The van der Waals surface area contributed by atoms with Gasteiger partial charge in [-0.25, -0.2) is 9.78 Å². The van der Waals surface area contributed by atoms with Crippen molar-refractivity contribution in [3.05, 3.63) is 60.2 Å². The Kier molecular flexibility index (Phi) is 4.41. The molecule has 0 radical (unpaired) electrons. The summed E-state index contributed by atoms with van der Waals surface area (Å²) in [6.45, 7) is 0. The number of carbonyl (C=O) groups is 1. The number of fused-ring (bicyclic) bond motifs is 1. The van der Waals surface area contributed by atoms with Gasteiger partial charge in [0.25, 0.3) is 0 Å². The zero-order valence-corrected chi connectivity index (χ0v) is 15.3. The van der Waals surface area contributed by atoms with Gasteiger partial charge in [0, 0.05) is 11.1 Å². The normalized spacial score (nSPS) is 10.8. The van der Waals surface area contributed by atoms with Crippen LogP contribution in [0.3, 0.4) is 0 Å². The molecule has 4 rings (SSSR count). The van der Waals surface area contributed by atoms with Gasteiger partial charge >= 0.3 is 5.97 Å². The summed E-state index contributed by atoms with van der Waals surface area (Å²) in [4.78, 5) is 16.6. The summed E-state index contributed by atoms with van der Waals surface area (Å²) in [7, 11) is 3.15. The van der Waals surface area contributed by atoms with Crippen LogP contribution in [0.25, 0.3) is 33.5 Å². The van der Waals surface area contributed by atoms with E-state index in [1.54, 1.807) is 26.4 Å². The van der Waals surface area contributed by atoms with Gasteiger partial charge in [0.15, 0.2) is 5.65 Å². The number of methoxy groups -OCH3 is 2. The Balaban J connectivity index is 1.93. The Morgan fingerprint density at radius 3 is 2.25 bits per heavy atom. The molecule has 0 saturated heterocycles. The maximum absolute atomic E-state index is 12.0. The van der Waals surface area contributed by atoms with Gasteiger partial charge in [0.2, 0.25) is 0 Å². The molecule has 2 heterocycles. The Labute approximate surface area is 160 Å². The van der Waals surface area contributed by atoms with E-state index in [0.29, 0.717) is 33.9 Å². The number of aromatic carboxylic acids is 1. The minimum atomic E-state index is -1.05. The minimum absolute atomic E-state index is 0.120. The van der Waals surface area contributed by atoms with Crippen LogP contribution >= 0.6 is 0 Å². The molecule has 4 aromatic rings. The van der Waals surface area contributed by atoms with Crippen LogP contribution in [0.2, 0.25) is 0 Å². The van der Waals surface area contributed by atoms with E-state index in [-0.39, 0.29) is 5.56 Å². The number of carboxylic acids is 1. The second kappa shape index (κ2) is 7.03. The van der Waals surface area contributed by atoms with Gasteiger partial charge in [-0.2, -0.15) is 5.10 Å². The third kappa shape index (κ3) is 3.03. The number of benzene rings is 2. The number of H-pyrrole nitrogens is 1. The van der Waals surface area contributed by atoms with Crippen LogP contribution in [0.4, 0.5) is 0 Å². The highest BCUT2D eigenvalue weighted by molar-refractivity contribution is 6.08. The van der Waals surface area contributed by atoms with Crippen LogP contribution in [0.15, 0.2) is 54.6 Å². The number of aromatic amines is 1. The molecule has 0 atom stereocenters. The van der Waals surface area contributed by atoms with Crippen molar-refractivity contribution in [2.75, 3.05) is 14.2 Å². The number of hydrogen-bond donors (Lipinski definition) is 2. The zero-order chi connectivity index (χ0) is 19.7. The number of aromatic nitrogens is 3. The van der Waals surface area contributed by atoms with Gasteiger partial charge in [-0.1, -0.05) is 24.3 Å². The van der Waals surface area contributed by atoms with E-state index in [1.807, 2.05) is 42.5 Å². The molecule has 0 spiro atoms. The van der Waals surface area contributed by atoms with E-state index in [1.165, 1.54) is 0 Å². The molecule has 2 aromatic carbocycles. The van der Waals surface area contributed by atoms with Crippen molar-refractivity contribution in [2.45, 2.75) is 0 Å². The van der Waals surface area contributed by atoms with E-state index in [4.69, 9.17) is 9.47 Å². The first-order valence-electron chi connectivity index (χ1n) is 8.52. The molecule has 7 nitrogen and oxygen atoms in total. The summed E-state index contributed by atoms with van der Waals surface area (Å²) >= 11 is 0. The average molecular weight is 375 g/mol. The highest BCUT2D eigenvalue weighted by Crippen LogP contribution is 2.33. The molecule has 0 amide bonds. The topological polar surface area (TPSA) is 97.3 Å². The molecule has 140 valence electrons. The van der Waals surface area contributed by atoms with Crippen LogP contribution in [0.5, 0.6) is 11.5 Å². The Bertz CT molecular complexity index is 1180. The number of pyridine rings is 1. The summed E-state index contributed by atoms with van der Waals surface area (Å²) in [5.41, 5.74) is 3.04. The number of rotatable bonds is 5. The summed E-state index contributed by atoms with van der Waals surface area (Å²) in [5.74, 6) is 0.274. The van der Waals surface area contributed by atoms with E-state index in [2.05, 4.69) is 15.2 Å². The number of carboxylic acid groups (broad SMARTS) is 1. The molecule has 28 heavy (non-hydrogen) atoms. The van der Waals surface area contributed by atoms with Crippen LogP contribution in [-0.2, 0) is 0 Å². The van der Waals surface area contributed by atoms with E-state index in [0.717, 1.165) is 11.1 Å². The fraction of sp³-hybridized carbons (Fsp3) is 0.0952. The molecule has 2 N–H and O–H groups in total. The number of nitrogens with one attached hydrogen (secondary N) is 1. The van der Waals surface area contributed by atoms with Crippen molar-refractivity contribution in [2.24, 2.45) is 0 Å². The van der Waals surface area contributed by atoms with E-state index in [9.17, 15) is 9.90 Å². The SMILES string of the molecule is COc1cccc(-c2cc(C(=O)O)c3c(-c4cccc(OC)c4)[nH]nc3n2)c1. The van der Waals surface area contributed by atoms with Crippen molar-refractivity contribution in [1.82, 2.24) is 15.2 Å². The molecule has 7 heteroatoms. The second-order valence-corrected chi connectivity index (χ2v) is 6.12. The fourth-order valence-corrected chi connectivity index (χ4v) is 3.11. The lowest BCUT2D eigenvalue weighted by Crippen LogP contribution is -2.00.